The fourth-order valence-corrected chi connectivity index (χ4v) is 5.02. The van der Waals surface area contributed by atoms with Crippen molar-refractivity contribution in [1.29, 1.82) is 0 Å². The summed E-state index contributed by atoms with van der Waals surface area (Å²) >= 11 is 11.9. The van der Waals surface area contributed by atoms with Crippen LogP contribution in [0.3, 0.4) is 0 Å². The first-order valence-corrected chi connectivity index (χ1v) is 12.1. The molecule has 1 amide bonds. The van der Waals surface area contributed by atoms with Crippen LogP contribution < -0.4 is 5.32 Å². The highest BCUT2D eigenvalue weighted by Crippen LogP contribution is 2.35. The highest BCUT2D eigenvalue weighted by atomic mass is 35.5. The third-order valence-electron chi connectivity index (χ3n) is 5.18. The second kappa shape index (κ2) is 9.41. The van der Waals surface area contributed by atoms with Crippen molar-refractivity contribution in [3.05, 3.63) is 46.3 Å². The lowest BCUT2D eigenvalue weighted by molar-refractivity contribution is -0.121. The Morgan fingerprint density at radius 1 is 1.20 bits per heavy atom. The minimum atomic E-state index is -3.48. The van der Waals surface area contributed by atoms with Crippen LogP contribution in [-0.4, -0.2) is 36.3 Å². The van der Waals surface area contributed by atoms with E-state index >= 15 is 0 Å². The number of Topliss-reactive ketones (excluding diaryl/α,β-unsaturated/α-hetero) is 1. The van der Waals surface area contributed by atoms with Crippen molar-refractivity contribution < 1.29 is 18.0 Å². The molecule has 0 spiro atoms. The first kappa shape index (κ1) is 22.7. The molecule has 1 N–H and O–H groups in total. The van der Waals surface area contributed by atoms with Gasteiger partial charge < -0.3 is 5.32 Å². The number of hydrogen-bond acceptors (Lipinski definition) is 6. The molecule has 3 rings (SSSR count). The van der Waals surface area contributed by atoms with Gasteiger partial charge in [0.05, 0.1) is 28.2 Å². The molecule has 1 heterocycles. The number of benzene rings is 1. The van der Waals surface area contributed by atoms with Crippen molar-refractivity contribution in [2.75, 3.05) is 11.6 Å². The van der Waals surface area contributed by atoms with E-state index in [1.54, 1.807) is 6.07 Å². The minimum Gasteiger partial charge on any atom is -0.309 e. The summed E-state index contributed by atoms with van der Waals surface area (Å²) in [4.78, 5) is 32.6. The van der Waals surface area contributed by atoms with E-state index < -0.39 is 15.8 Å². The number of hydrogen-bond donors (Lipinski definition) is 1. The molecule has 0 saturated heterocycles. The van der Waals surface area contributed by atoms with Crippen LogP contribution in [0.25, 0.3) is 0 Å². The Hall–Kier alpha value is -2.03. The predicted octanol–water partition coefficient (Wildman–Crippen LogP) is 4.06. The molecule has 0 radical (unpaired) electrons. The number of halogens is 2. The van der Waals surface area contributed by atoms with Crippen molar-refractivity contribution in [2.45, 2.75) is 42.9 Å². The fraction of sp³-hybridized carbons (Fsp3) is 0.400. The van der Waals surface area contributed by atoms with Gasteiger partial charge in [-0.3, -0.25) is 9.59 Å². The van der Waals surface area contributed by atoms with Crippen LogP contribution in [0.2, 0.25) is 10.2 Å². The smallest absolute Gasteiger partial charge is 0.233 e. The number of nitrogens with zero attached hydrogens (tertiary/aromatic N) is 2. The van der Waals surface area contributed by atoms with Gasteiger partial charge in [0.25, 0.3) is 0 Å². The van der Waals surface area contributed by atoms with E-state index in [-0.39, 0.29) is 38.5 Å². The zero-order chi connectivity index (χ0) is 21.9. The van der Waals surface area contributed by atoms with E-state index in [1.165, 1.54) is 24.5 Å². The summed E-state index contributed by atoms with van der Waals surface area (Å²) in [5.41, 5.74) is 0.601. The van der Waals surface area contributed by atoms with Gasteiger partial charge in [0, 0.05) is 19.1 Å². The van der Waals surface area contributed by atoms with Crippen molar-refractivity contribution in [3.8, 4) is 0 Å². The lowest BCUT2D eigenvalue weighted by Gasteiger charge is -2.26. The number of aromatic nitrogens is 2. The topological polar surface area (TPSA) is 106 Å². The van der Waals surface area contributed by atoms with Gasteiger partial charge in [-0.2, -0.15) is 0 Å². The summed E-state index contributed by atoms with van der Waals surface area (Å²) in [7, 11) is -3.48. The van der Waals surface area contributed by atoms with Crippen molar-refractivity contribution >= 4 is 50.5 Å². The van der Waals surface area contributed by atoms with Crippen LogP contribution in [-0.2, 0) is 19.4 Å². The standard InChI is InChI=1S/C20H21Cl2N3O4S/c1-30(28,29)17-7-4-13(9-16(17)21)15(8-12-2-5-14(26)6-3-12)20(27)25-19-11-23-18(22)10-24-19/h4,7,9-12,15H,2-3,5-6,8H2,1H3,(H,24,25,27). The Morgan fingerprint density at radius 2 is 1.90 bits per heavy atom. The highest BCUT2D eigenvalue weighted by Gasteiger charge is 2.29. The summed E-state index contributed by atoms with van der Waals surface area (Å²) < 4.78 is 23.7. The third kappa shape index (κ3) is 5.77. The molecule has 1 saturated carbocycles. The van der Waals surface area contributed by atoms with Gasteiger partial charge in [0.1, 0.15) is 10.9 Å². The molecule has 10 heteroatoms. The monoisotopic (exact) mass is 469 g/mol. The zero-order valence-corrected chi connectivity index (χ0v) is 18.6. The summed E-state index contributed by atoms with van der Waals surface area (Å²) in [6.07, 6.45) is 6.74. The lowest BCUT2D eigenvalue weighted by Crippen LogP contribution is -2.26. The van der Waals surface area contributed by atoms with Crippen molar-refractivity contribution in [3.63, 3.8) is 0 Å². The van der Waals surface area contributed by atoms with Gasteiger partial charge in [-0.05, 0) is 42.9 Å². The first-order valence-electron chi connectivity index (χ1n) is 9.43. The predicted molar refractivity (Wildman–Crippen MR) is 115 cm³/mol. The van der Waals surface area contributed by atoms with E-state index in [4.69, 9.17) is 23.2 Å². The molecule has 1 aromatic heterocycles. The maximum Gasteiger partial charge on any atom is 0.233 e. The van der Waals surface area contributed by atoms with Gasteiger partial charge in [0.2, 0.25) is 5.91 Å². The molecule has 1 unspecified atom stereocenters. The molecular formula is C20H21Cl2N3O4S. The molecule has 0 aliphatic heterocycles. The summed E-state index contributed by atoms with van der Waals surface area (Å²) in [5, 5.41) is 3.01. The Morgan fingerprint density at radius 3 is 2.47 bits per heavy atom. The first-order chi connectivity index (χ1) is 14.1. The molecule has 30 heavy (non-hydrogen) atoms. The van der Waals surface area contributed by atoms with Crippen molar-refractivity contribution in [2.24, 2.45) is 5.92 Å². The normalized spacial score (nSPS) is 16.3. The average Bonchev–Trinajstić information content (AvgIpc) is 2.68. The van der Waals surface area contributed by atoms with Crippen LogP contribution in [0.1, 0.15) is 43.6 Å². The number of carbonyl (C=O) groups excluding carboxylic acids is 2. The van der Waals surface area contributed by atoms with Gasteiger partial charge >= 0.3 is 0 Å². The molecule has 7 nitrogen and oxygen atoms in total. The largest absolute Gasteiger partial charge is 0.309 e. The maximum atomic E-state index is 13.1. The Kier molecular flexibility index (Phi) is 7.10. The molecule has 1 fully saturated rings. The number of anilines is 1. The summed E-state index contributed by atoms with van der Waals surface area (Å²) in [6.45, 7) is 0. The van der Waals surface area contributed by atoms with Gasteiger partial charge in [-0.25, -0.2) is 18.4 Å². The molecule has 1 aliphatic rings. The van der Waals surface area contributed by atoms with Crippen LogP contribution in [0.5, 0.6) is 0 Å². The zero-order valence-electron chi connectivity index (χ0n) is 16.3. The van der Waals surface area contributed by atoms with Crippen LogP contribution in [0, 0.1) is 5.92 Å². The van der Waals surface area contributed by atoms with Gasteiger partial charge in [-0.1, -0.05) is 29.3 Å². The van der Waals surface area contributed by atoms with Gasteiger partial charge in [-0.15, -0.1) is 0 Å². The van der Waals surface area contributed by atoms with E-state index in [1.807, 2.05) is 0 Å². The molecule has 0 bridgehead atoms. The van der Waals surface area contributed by atoms with E-state index in [0.29, 0.717) is 24.8 Å². The second-order valence-electron chi connectivity index (χ2n) is 7.45. The van der Waals surface area contributed by atoms with E-state index in [2.05, 4.69) is 15.3 Å². The SMILES string of the molecule is CS(=O)(=O)c1ccc(C(CC2CCC(=O)CC2)C(=O)Nc2cnc(Cl)cn2)cc1Cl. The van der Waals surface area contributed by atoms with Crippen LogP contribution in [0.4, 0.5) is 5.82 Å². The summed E-state index contributed by atoms with van der Waals surface area (Å²) in [6, 6.07) is 4.54. The number of rotatable bonds is 6. The van der Waals surface area contributed by atoms with Crippen LogP contribution in [0.15, 0.2) is 35.5 Å². The van der Waals surface area contributed by atoms with Crippen molar-refractivity contribution in [1.82, 2.24) is 9.97 Å². The lowest BCUT2D eigenvalue weighted by atomic mass is 9.80. The average molecular weight is 470 g/mol. The number of carbonyl (C=O) groups is 2. The number of sulfone groups is 1. The molecule has 2 aromatic rings. The maximum absolute atomic E-state index is 13.1. The highest BCUT2D eigenvalue weighted by molar-refractivity contribution is 7.90. The Labute approximate surface area is 185 Å². The Balaban J connectivity index is 1.88. The molecule has 1 aliphatic carbocycles. The quantitative estimate of drug-likeness (QED) is 0.683. The number of amides is 1. The fourth-order valence-electron chi connectivity index (χ4n) is 3.59. The Bertz CT molecular complexity index is 1050. The summed E-state index contributed by atoms with van der Waals surface area (Å²) in [5.74, 6) is -0.210. The molecule has 1 atom stereocenters. The number of nitrogens with one attached hydrogen (secondary N) is 1. The number of ketones is 1. The third-order valence-corrected chi connectivity index (χ3v) is 6.95. The molecular weight excluding hydrogens is 449 g/mol. The van der Waals surface area contributed by atoms with E-state index in [0.717, 1.165) is 19.1 Å². The molecule has 1 aromatic carbocycles. The molecule has 160 valence electrons. The van der Waals surface area contributed by atoms with Crippen LogP contribution >= 0.6 is 23.2 Å². The van der Waals surface area contributed by atoms with Gasteiger partial charge in [0.15, 0.2) is 15.7 Å². The van der Waals surface area contributed by atoms with E-state index in [9.17, 15) is 18.0 Å². The second-order valence-corrected chi connectivity index (χ2v) is 10.2. The minimum absolute atomic E-state index is 0.0129.